The van der Waals surface area contributed by atoms with Crippen LogP contribution in [-0.4, -0.2) is 51.4 Å². The third-order valence-corrected chi connectivity index (χ3v) is 3.46. The number of rotatable bonds is 3. The third-order valence-electron chi connectivity index (χ3n) is 3.46. The van der Waals surface area contributed by atoms with E-state index in [-0.39, 0.29) is 18.9 Å². The van der Waals surface area contributed by atoms with Crippen LogP contribution in [0.3, 0.4) is 0 Å². The molecule has 108 valence electrons. The van der Waals surface area contributed by atoms with Gasteiger partial charge in [0.15, 0.2) is 17.0 Å². The first kappa shape index (κ1) is 13.1. The Morgan fingerprint density at radius 1 is 1.45 bits per heavy atom. The van der Waals surface area contributed by atoms with Crippen molar-refractivity contribution in [3.05, 3.63) is 6.33 Å². The lowest BCUT2D eigenvalue weighted by atomic mass is 10.2. The number of aromatic nitrogens is 4. The Kier molecular flexibility index (Phi) is 3.19. The predicted molar refractivity (Wildman–Crippen MR) is 74.3 cm³/mol. The average molecular weight is 278 g/mol. The quantitative estimate of drug-likeness (QED) is 0.823. The SMILES string of the molecule is CN(C)c1nc2c(N)ncnc2n1C1CCC(CO)O1. The van der Waals surface area contributed by atoms with Crippen LogP contribution < -0.4 is 10.6 Å². The fourth-order valence-corrected chi connectivity index (χ4v) is 2.51. The molecule has 0 aromatic carbocycles. The third kappa shape index (κ3) is 1.97. The summed E-state index contributed by atoms with van der Waals surface area (Å²) in [6, 6.07) is 0. The second kappa shape index (κ2) is 4.88. The van der Waals surface area contributed by atoms with Gasteiger partial charge in [0.25, 0.3) is 0 Å². The first-order valence-electron chi connectivity index (χ1n) is 6.54. The van der Waals surface area contributed by atoms with Gasteiger partial charge in [-0.05, 0) is 12.8 Å². The summed E-state index contributed by atoms with van der Waals surface area (Å²) in [5.74, 6) is 1.07. The van der Waals surface area contributed by atoms with Gasteiger partial charge < -0.3 is 20.5 Å². The van der Waals surface area contributed by atoms with Crippen molar-refractivity contribution >= 4 is 22.9 Å². The molecule has 0 bridgehead atoms. The van der Waals surface area contributed by atoms with Crippen molar-refractivity contribution in [3.63, 3.8) is 0 Å². The minimum atomic E-state index is -0.191. The van der Waals surface area contributed by atoms with Crippen molar-refractivity contribution in [3.8, 4) is 0 Å². The summed E-state index contributed by atoms with van der Waals surface area (Å²) in [7, 11) is 3.81. The molecule has 3 N–H and O–H groups in total. The van der Waals surface area contributed by atoms with Gasteiger partial charge in [-0.3, -0.25) is 4.57 Å². The number of ether oxygens (including phenoxy) is 1. The highest BCUT2D eigenvalue weighted by molar-refractivity contribution is 5.84. The molecular formula is C12H18N6O2. The minimum absolute atomic E-state index is 0.0253. The van der Waals surface area contributed by atoms with Gasteiger partial charge in [0.1, 0.15) is 12.6 Å². The Morgan fingerprint density at radius 2 is 2.25 bits per heavy atom. The molecule has 1 aliphatic rings. The van der Waals surface area contributed by atoms with E-state index in [1.807, 2.05) is 23.6 Å². The highest BCUT2D eigenvalue weighted by Crippen LogP contribution is 2.34. The minimum Gasteiger partial charge on any atom is -0.394 e. The van der Waals surface area contributed by atoms with Gasteiger partial charge in [0.2, 0.25) is 5.95 Å². The Balaban J connectivity index is 2.13. The van der Waals surface area contributed by atoms with Gasteiger partial charge >= 0.3 is 0 Å². The van der Waals surface area contributed by atoms with Crippen molar-refractivity contribution < 1.29 is 9.84 Å². The van der Waals surface area contributed by atoms with Crippen LogP contribution in [0.5, 0.6) is 0 Å². The monoisotopic (exact) mass is 278 g/mol. The van der Waals surface area contributed by atoms with Crippen LogP contribution in [-0.2, 0) is 4.74 Å². The second-order valence-corrected chi connectivity index (χ2v) is 5.08. The van der Waals surface area contributed by atoms with E-state index in [2.05, 4.69) is 15.0 Å². The molecule has 0 aliphatic carbocycles. The Morgan fingerprint density at radius 3 is 2.90 bits per heavy atom. The topological polar surface area (TPSA) is 102 Å². The molecule has 2 aromatic heterocycles. The largest absolute Gasteiger partial charge is 0.394 e. The number of aliphatic hydroxyl groups excluding tert-OH is 1. The Bertz CT molecular complexity index is 626. The molecule has 0 saturated carbocycles. The normalized spacial score (nSPS) is 22.6. The molecular weight excluding hydrogens is 260 g/mol. The molecule has 1 fully saturated rings. The smallest absolute Gasteiger partial charge is 0.209 e. The number of hydrogen-bond acceptors (Lipinski definition) is 7. The van der Waals surface area contributed by atoms with Crippen LogP contribution in [0.15, 0.2) is 6.33 Å². The van der Waals surface area contributed by atoms with Gasteiger partial charge in [-0.1, -0.05) is 0 Å². The number of imidazole rings is 1. The molecule has 0 spiro atoms. The molecule has 0 amide bonds. The van der Waals surface area contributed by atoms with Crippen LogP contribution in [0, 0.1) is 0 Å². The lowest BCUT2D eigenvalue weighted by Crippen LogP contribution is -2.20. The number of nitrogen functional groups attached to an aromatic ring is 1. The second-order valence-electron chi connectivity index (χ2n) is 5.08. The van der Waals surface area contributed by atoms with Crippen molar-refractivity contribution in [1.82, 2.24) is 19.5 Å². The Hall–Kier alpha value is -1.93. The number of fused-ring (bicyclic) bond motifs is 1. The highest BCUT2D eigenvalue weighted by atomic mass is 16.5. The predicted octanol–water partition coefficient (Wildman–Crippen LogP) is 0.144. The first-order valence-corrected chi connectivity index (χ1v) is 6.54. The molecule has 2 aromatic rings. The molecule has 1 aliphatic heterocycles. The summed E-state index contributed by atoms with van der Waals surface area (Å²) >= 11 is 0. The van der Waals surface area contributed by atoms with E-state index < -0.39 is 0 Å². The van der Waals surface area contributed by atoms with Crippen LogP contribution in [0.4, 0.5) is 11.8 Å². The van der Waals surface area contributed by atoms with Crippen molar-refractivity contribution in [2.45, 2.75) is 25.2 Å². The van der Waals surface area contributed by atoms with Crippen molar-refractivity contribution in [2.24, 2.45) is 0 Å². The maximum Gasteiger partial charge on any atom is 0.209 e. The molecule has 8 heteroatoms. The zero-order chi connectivity index (χ0) is 14.3. The van der Waals surface area contributed by atoms with Crippen molar-refractivity contribution in [1.29, 1.82) is 0 Å². The Labute approximate surface area is 116 Å². The summed E-state index contributed by atoms with van der Waals surface area (Å²) in [6.45, 7) is 0.0253. The molecule has 3 rings (SSSR count). The van der Waals surface area contributed by atoms with E-state index in [0.717, 1.165) is 18.8 Å². The molecule has 20 heavy (non-hydrogen) atoms. The fourth-order valence-electron chi connectivity index (χ4n) is 2.51. The first-order chi connectivity index (χ1) is 9.61. The number of hydrogen-bond donors (Lipinski definition) is 2. The molecule has 3 heterocycles. The van der Waals surface area contributed by atoms with Gasteiger partial charge in [0.05, 0.1) is 12.7 Å². The summed E-state index contributed by atoms with van der Waals surface area (Å²) in [5.41, 5.74) is 7.10. The van der Waals surface area contributed by atoms with Gasteiger partial charge in [0, 0.05) is 14.1 Å². The number of nitrogens with two attached hydrogens (primary N) is 1. The van der Waals surface area contributed by atoms with Crippen LogP contribution in [0.2, 0.25) is 0 Å². The molecule has 1 saturated heterocycles. The number of aliphatic hydroxyl groups is 1. The molecule has 0 radical (unpaired) electrons. The van der Waals surface area contributed by atoms with E-state index in [4.69, 9.17) is 10.5 Å². The van der Waals surface area contributed by atoms with E-state index in [0.29, 0.717) is 17.0 Å². The van der Waals surface area contributed by atoms with Gasteiger partial charge in [-0.2, -0.15) is 0 Å². The number of anilines is 2. The van der Waals surface area contributed by atoms with Crippen molar-refractivity contribution in [2.75, 3.05) is 31.3 Å². The zero-order valence-corrected chi connectivity index (χ0v) is 11.5. The molecule has 8 nitrogen and oxygen atoms in total. The van der Waals surface area contributed by atoms with Gasteiger partial charge in [-0.15, -0.1) is 0 Å². The number of nitrogens with zero attached hydrogens (tertiary/aromatic N) is 5. The summed E-state index contributed by atoms with van der Waals surface area (Å²) in [6.07, 6.45) is 2.72. The summed E-state index contributed by atoms with van der Waals surface area (Å²) in [5, 5.41) is 9.21. The summed E-state index contributed by atoms with van der Waals surface area (Å²) in [4.78, 5) is 14.6. The standard InChI is InChI=1S/C12H18N6O2/c1-17(2)12-16-9-10(13)14-6-15-11(9)18(12)8-4-3-7(5-19)20-8/h6-8,19H,3-5H2,1-2H3,(H2,13,14,15). The van der Waals surface area contributed by atoms with Crippen LogP contribution >= 0.6 is 0 Å². The zero-order valence-electron chi connectivity index (χ0n) is 11.5. The summed E-state index contributed by atoms with van der Waals surface area (Å²) < 4.78 is 7.76. The fraction of sp³-hybridized carbons (Fsp3) is 0.583. The maximum atomic E-state index is 9.21. The highest BCUT2D eigenvalue weighted by Gasteiger charge is 2.30. The maximum absolute atomic E-state index is 9.21. The van der Waals surface area contributed by atoms with E-state index >= 15 is 0 Å². The average Bonchev–Trinajstić information content (AvgIpc) is 3.02. The molecule has 2 unspecified atom stereocenters. The lowest BCUT2D eigenvalue weighted by Gasteiger charge is -2.20. The van der Waals surface area contributed by atoms with E-state index in [1.54, 1.807) is 0 Å². The van der Waals surface area contributed by atoms with Gasteiger partial charge in [-0.25, -0.2) is 15.0 Å². The van der Waals surface area contributed by atoms with Crippen LogP contribution in [0.25, 0.3) is 11.2 Å². The molecule has 2 atom stereocenters. The van der Waals surface area contributed by atoms with E-state index in [1.165, 1.54) is 6.33 Å². The van der Waals surface area contributed by atoms with Crippen LogP contribution in [0.1, 0.15) is 19.1 Å². The lowest BCUT2D eigenvalue weighted by molar-refractivity contribution is -0.0199. The van der Waals surface area contributed by atoms with E-state index in [9.17, 15) is 5.11 Å².